The fraction of sp³-hybridized carbons (Fsp3) is 0.312. The predicted octanol–water partition coefficient (Wildman–Crippen LogP) is 3.18. The van der Waals surface area contributed by atoms with Crippen molar-refractivity contribution >= 4 is 17.7 Å². The number of carbonyl (C=O) groups excluding carboxylic acids is 1. The van der Waals surface area contributed by atoms with Gasteiger partial charge < -0.3 is 18.8 Å². The van der Waals surface area contributed by atoms with Crippen LogP contribution >= 0.6 is 11.8 Å². The van der Waals surface area contributed by atoms with Crippen LogP contribution in [0, 0.1) is 0 Å². The molecular weight excluding hydrogens is 302 g/mol. The Bertz CT molecular complexity index is 656. The number of carbonyl (C=O) groups is 1. The zero-order valence-electron chi connectivity index (χ0n) is 12.4. The van der Waals surface area contributed by atoms with Crippen LogP contribution in [0.2, 0.25) is 0 Å². The van der Waals surface area contributed by atoms with Crippen LogP contribution in [0.25, 0.3) is 0 Å². The first-order chi connectivity index (χ1) is 10.7. The second-order valence-corrected chi connectivity index (χ2v) is 5.99. The van der Waals surface area contributed by atoms with Crippen LogP contribution in [-0.4, -0.2) is 37.3 Å². The van der Waals surface area contributed by atoms with Crippen molar-refractivity contribution in [3.8, 4) is 11.5 Å². The van der Waals surface area contributed by atoms with Crippen LogP contribution in [0.5, 0.6) is 11.5 Å². The Balaban J connectivity index is 1.90. The van der Waals surface area contributed by atoms with Gasteiger partial charge in [0.1, 0.15) is 22.6 Å². The van der Waals surface area contributed by atoms with E-state index >= 15 is 0 Å². The van der Waals surface area contributed by atoms with Crippen LogP contribution in [0.15, 0.2) is 41.0 Å². The fourth-order valence-electron chi connectivity index (χ4n) is 2.48. The van der Waals surface area contributed by atoms with Gasteiger partial charge in [-0.3, -0.25) is 4.79 Å². The molecule has 1 saturated heterocycles. The Hall–Kier alpha value is -2.08. The first-order valence-electron chi connectivity index (χ1n) is 6.92. The van der Waals surface area contributed by atoms with Gasteiger partial charge in [-0.2, -0.15) is 0 Å². The predicted molar refractivity (Wildman–Crippen MR) is 84.5 cm³/mol. The van der Waals surface area contributed by atoms with Crippen molar-refractivity contribution in [2.45, 2.75) is 5.37 Å². The molecule has 1 aliphatic rings. The first-order valence-corrected chi connectivity index (χ1v) is 7.97. The number of thioether (sulfide) groups is 1. The van der Waals surface area contributed by atoms with Gasteiger partial charge in [0, 0.05) is 18.4 Å². The molecule has 1 amide bonds. The minimum Gasteiger partial charge on any atom is -0.497 e. The minimum absolute atomic E-state index is 0.0640. The van der Waals surface area contributed by atoms with E-state index in [0.29, 0.717) is 23.6 Å². The maximum atomic E-state index is 12.9. The molecule has 2 aromatic rings. The maximum absolute atomic E-state index is 12.9. The molecule has 5 nitrogen and oxygen atoms in total. The lowest BCUT2D eigenvalue weighted by Crippen LogP contribution is -2.30. The summed E-state index contributed by atoms with van der Waals surface area (Å²) in [5.41, 5.74) is 0.530. The lowest BCUT2D eigenvalue weighted by Gasteiger charge is -2.23. The molecular formula is C16H17NO4S. The van der Waals surface area contributed by atoms with Gasteiger partial charge in [0.2, 0.25) is 0 Å². The van der Waals surface area contributed by atoms with Crippen LogP contribution in [0.3, 0.4) is 0 Å². The highest BCUT2D eigenvalue weighted by Gasteiger charge is 2.34. The molecule has 0 N–H and O–H groups in total. The molecule has 1 aliphatic heterocycles. The number of amides is 1. The Labute approximate surface area is 133 Å². The molecule has 2 heterocycles. The van der Waals surface area contributed by atoms with E-state index in [9.17, 15) is 4.79 Å². The Morgan fingerprint density at radius 3 is 2.86 bits per heavy atom. The van der Waals surface area contributed by atoms with E-state index in [4.69, 9.17) is 13.9 Å². The molecule has 0 aliphatic carbocycles. The van der Waals surface area contributed by atoms with Crippen LogP contribution in [-0.2, 0) is 0 Å². The number of ether oxygens (including phenoxy) is 2. The van der Waals surface area contributed by atoms with E-state index < -0.39 is 0 Å². The molecule has 1 aromatic heterocycles. The average Bonchev–Trinajstić information content (AvgIpc) is 3.23. The fourth-order valence-corrected chi connectivity index (χ4v) is 3.68. The summed E-state index contributed by atoms with van der Waals surface area (Å²) in [5, 5.41) is -0.0886. The topological polar surface area (TPSA) is 51.9 Å². The van der Waals surface area contributed by atoms with Gasteiger partial charge in [-0.05, 0) is 24.3 Å². The highest BCUT2D eigenvalue weighted by atomic mass is 32.2. The van der Waals surface area contributed by atoms with Gasteiger partial charge in [0.05, 0.1) is 26.0 Å². The molecule has 0 saturated carbocycles. The number of furan rings is 1. The molecule has 6 heteroatoms. The third-order valence-corrected chi connectivity index (χ3v) is 4.80. The average molecular weight is 319 g/mol. The molecule has 1 unspecified atom stereocenters. The summed E-state index contributed by atoms with van der Waals surface area (Å²) in [7, 11) is 3.13. The van der Waals surface area contributed by atoms with E-state index in [2.05, 4.69) is 0 Å². The summed E-state index contributed by atoms with van der Waals surface area (Å²) in [4.78, 5) is 14.7. The van der Waals surface area contributed by atoms with Crippen LogP contribution in [0.1, 0.15) is 21.5 Å². The summed E-state index contributed by atoms with van der Waals surface area (Å²) >= 11 is 1.70. The van der Waals surface area contributed by atoms with Gasteiger partial charge in [-0.25, -0.2) is 0 Å². The molecule has 3 rings (SSSR count). The minimum atomic E-state index is -0.0886. The smallest absolute Gasteiger partial charge is 0.258 e. The molecule has 116 valence electrons. The van der Waals surface area contributed by atoms with Crippen molar-refractivity contribution in [3.05, 3.63) is 47.9 Å². The first kappa shape index (κ1) is 14.8. The van der Waals surface area contributed by atoms with E-state index in [1.165, 1.54) is 0 Å². The summed E-state index contributed by atoms with van der Waals surface area (Å²) in [5.74, 6) is 2.79. The van der Waals surface area contributed by atoms with Crippen molar-refractivity contribution in [1.29, 1.82) is 0 Å². The van der Waals surface area contributed by atoms with Gasteiger partial charge >= 0.3 is 0 Å². The largest absolute Gasteiger partial charge is 0.497 e. The monoisotopic (exact) mass is 319 g/mol. The molecule has 1 fully saturated rings. The summed E-state index contributed by atoms with van der Waals surface area (Å²) in [6.45, 7) is 0.685. The normalized spacial score (nSPS) is 17.5. The van der Waals surface area contributed by atoms with Gasteiger partial charge in [0.15, 0.2) is 0 Å². The Morgan fingerprint density at radius 1 is 1.32 bits per heavy atom. The van der Waals surface area contributed by atoms with Crippen molar-refractivity contribution in [2.75, 3.05) is 26.5 Å². The van der Waals surface area contributed by atoms with Gasteiger partial charge in [0.25, 0.3) is 5.91 Å². The summed E-state index contributed by atoms with van der Waals surface area (Å²) in [6.07, 6.45) is 1.63. The molecule has 1 aromatic carbocycles. The third-order valence-electron chi connectivity index (χ3n) is 3.58. The quantitative estimate of drug-likeness (QED) is 0.866. The lowest BCUT2D eigenvalue weighted by molar-refractivity contribution is 0.0746. The van der Waals surface area contributed by atoms with E-state index in [1.807, 2.05) is 17.0 Å². The Kier molecular flexibility index (Phi) is 4.29. The standard InChI is InChI=1S/C16H17NO4S/c1-19-11-5-6-12(14(10-11)20-2)15(18)17-7-9-22-16(17)13-4-3-8-21-13/h3-6,8,10,16H,7,9H2,1-2H3. The summed E-state index contributed by atoms with van der Waals surface area (Å²) in [6, 6.07) is 8.96. The SMILES string of the molecule is COc1ccc(C(=O)N2CCSC2c2ccco2)c(OC)c1. The van der Waals surface area contributed by atoms with E-state index in [1.54, 1.807) is 50.4 Å². The third kappa shape index (κ3) is 2.66. The zero-order valence-corrected chi connectivity index (χ0v) is 13.3. The molecule has 0 radical (unpaired) electrons. The van der Waals surface area contributed by atoms with Crippen molar-refractivity contribution in [3.63, 3.8) is 0 Å². The highest BCUT2D eigenvalue weighted by molar-refractivity contribution is 7.99. The number of nitrogens with zero attached hydrogens (tertiary/aromatic N) is 1. The second kappa shape index (κ2) is 6.36. The summed E-state index contributed by atoms with van der Waals surface area (Å²) < 4.78 is 16.0. The number of rotatable bonds is 4. The van der Waals surface area contributed by atoms with E-state index in [-0.39, 0.29) is 11.3 Å². The number of methoxy groups -OCH3 is 2. The van der Waals surface area contributed by atoms with Crippen LogP contribution < -0.4 is 9.47 Å². The number of hydrogen-bond acceptors (Lipinski definition) is 5. The number of benzene rings is 1. The van der Waals surface area contributed by atoms with Gasteiger partial charge in [-0.15, -0.1) is 11.8 Å². The molecule has 22 heavy (non-hydrogen) atoms. The Morgan fingerprint density at radius 2 is 2.18 bits per heavy atom. The van der Waals surface area contributed by atoms with Crippen molar-refractivity contribution in [1.82, 2.24) is 4.90 Å². The number of hydrogen-bond donors (Lipinski definition) is 0. The zero-order chi connectivity index (χ0) is 15.5. The van der Waals surface area contributed by atoms with Crippen LogP contribution in [0.4, 0.5) is 0 Å². The molecule has 0 spiro atoms. The molecule has 1 atom stereocenters. The highest BCUT2D eigenvalue weighted by Crippen LogP contribution is 2.40. The van der Waals surface area contributed by atoms with Crippen molar-refractivity contribution in [2.24, 2.45) is 0 Å². The van der Waals surface area contributed by atoms with Gasteiger partial charge in [-0.1, -0.05) is 0 Å². The lowest BCUT2D eigenvalue weighted by atomic mass is 10.1. The van der Waals surface area contributed by atoms with Crippen molar-refractivity contribution < 1.29 is 18.7 Å². The van der Waals surface area contributed by atoms with E-state index in [0.717, 1.165) is 11.5 Å². The maximum Gasteiger partial charge on any atom is 0.258 e. The second-order valence-electron chi connectivity index (χ2n) is 4.80. The molecule has 0 bridgehead atoms.